The van der Waals surface area contributed by atoms with Crippen molar-refractivity contribution in [3.63, 3.8) is 0 Å². The third-order valence-corrected chi connectivity index (χ3v) is 5.54. The highest BCUT2D eigenvalue weighted by Crippen LogP contribution is 2.28. The van der Waals surface area contributed by atoms with Crippen LogP contribution in [0.3, 0.4) is 0 Å². The first-order valence-electron chi connectivity index (χ1n) is 8.67. The molecule has 1 aromatic heterocycles. The molecule has 3 aliphatic heterocycles. The third-order valence-electron chi connectivity index (χ3n) is 5.54. The molecule has 0 saturated carbocycles. The molecule has 3 fully saturated rings. The Morgan fingerprint density at radius 2 is 1.88 bits per heavy atom. The predicted octanol–water partition coefficient (Wildman–Crippen LogP) is 2.79. The highest BCUT2D eigenvalue weighted by atomic mass is 19.2. The number of carbonyl (C=O) groups is 1. The van der Waals surface area contributed by atoms with Crippen LogP contribution >= 0.6 is 0 Å². The smallest absolute Gasteiger partial charge is 0.268 e. The fourth-order valence-corrected chi connectivity index (χ4v) is 4.06. The lowest BCUT2D eigenvalue weighted by Crippen LogP contribution is -2.57. The van der Waals surface area contributed by atoms with E-state index in [-0.39, 0.29) is 11.9 Å². The first-order chi connectivity index (χ1) is 12.0. The molecular formula is C19H21F2N3O. The summed E-state index contributed by atoms with van der Waals surface area (Å²) < 4.78 is 28.3. The topological polar surface area (TPSA) is 37.3 Å². The molecule has 3 saturated heterocycles. The molecule has 1 N–H and O–H groups in total. The summed E-state index contributed by atoms with van der Waals surface area (Å²) in [6.45, 7) is 3.17. The zero-order valence-corrected chi connectivity index (χ0v) is 14.1. The molecule has 5 rings (SSSR count). The lowest BCUT2D eigenvalue weighted by atomic mass is 9.84. The van der Waals surface area contributed by atoms with Crippen LogP contribution in [0.4, 0.5) is 8.78 Å². The fourth-order valence-electron chi connectivity index (χ4n) is 4.06. The van der Waals surface area contributed by atoms with Crippen molar-refractivity contribution >= 4 is 5.91 Å². The molecule has 1 atom stereocenters. The number of hydrogen-bond donors (Lipinski definition) is 1. The van der Waals surface area contributed by atoms with Gasteiger partial charge in [-0.1, -0.05) is 0 Å². The molecule has 2 bridgehead atoms. The number of amides is 1. The minimum atomic E-state index is -0.892. The second kappa shape index (κ2) is 6.26. The van der Waals surface area contributed by atoms with E-state index >= 15 is 0 Å². The van der Waals surface area contributed by atoms with E-state index in [0.717, 1.165) is 44.6 Å². The highest BCUT2D eigenvalue weighted by Gasteiger charge is 2.35. The Bertz CT molecular complexity index is 809. The molecule has 2 aromatic rings. The van der Waals surface area contributed by atoms with Gasteiger partial charge in [-0.2, -0.15) is 0 Å². The van der Waals surface area contributed by atoms with E-state index in [2.05, 4.69) is 10.2 Å². The van der Waals surface area contributed by atoms with Crippen LogP contribution in [-0.4, -0.2) is 41.1 Å². The molecule has 4 nitrogen and oxygen atoms in total. The number of benzene rings is 1. The summed E-state index contributed by atoms with van der Waals surface area (Å²) in [5, 5.41) is 3.16. The van der Waals surface area contributed by atoms with Crippen molar-refractivity contribution in [2.45, 2.75) is 18.9 Å². The zero-order chi connectivity index (χ0) is 17.6. The van der Waals surface area contributed by atoms with Gasteiger partial charge in [-0.15, -0.1) is 0 Å². The first kappa shape index (κ1) is 16.3. The van der Waals surface area contributed by atoms with E-state index in [1.165, 1.54) is 6.07 Å². The average Bonchev–Trinajstić information content (AvgIpc) is 3.00. The molecule has 0 aliphatic carbocycles. The van der Waals surface area contributed by atoms with Crippen molar-refractivity contribution in [3.8, 4) is 11.3 Å². The SMILES string of the molecule is Cn1c(C(=O)N[C@H]2CN3CCC2CC3)ccc1-c1ccc(F)c(F)c1. The van der Waals surface area contributed by atoms with Crippen LogP contribution in [0.1, 0.15) is 23.3 Å². The van der Waals surface area contributed by atoms with Crippen LogP contribution in [0.15, 0.2) is 30.3 Å². The maximum atomic E-state index is 13.5. The molecule has 0 unspecified atom stereocenters. The molecular weight excluding hydrogens is 324 g/mol. The van der Waals surface area contributed by atoms with E-state index in [9.17, 15) is 13.6 Å². The Balaban J connectivity index is 1.54. The van der Waals surface area contributed by atoms with E-state index in [4.69, 9.17) is 0 Å². The standard InChI is InChI=1S/C19H21F2N3O/c1-23-17(13-2-3-14(20)15(21)10-13)4-5-18(23)19(25)22-16-11-24-8-6-12(16)7-9-24/h2-5,10,12,16H,6-9,11H2,1H3,(H,22,25)/t16-/m0/s1. The number of aromatic nitrogens is 1. The minimum Gasteiger partial charge on any atom is -0.346 e. The normalized spacial score (nSPS) is 25.2. The number of fused-ring (bicyclic) bond motifs is 3. The maximum absolute atomic E-state index is 13.5. The Kier molecular flexibility index (Phi) is 4.07. The Hall–Kier alpha value is -2.21. The number of nitrogens with zero attached hydrogens (tertiary/aromatic N) is 2. The van der Waals surface area contributed by atoms with Crippen LogP contribution in [0.25, 0.3) is 11.3 Å². The van der Waals surface area contributed by atoms with E-state index in [0.29, 0.717) is 22.9 Å². The predicted molar refractivity (Wildman–Crippen MR) is 91.2 cm³/mol. The number of hydrogen-bond acceptors (Lipinski definition) is 2. The summed E-state index contributed by atoms with van der Waals surface area (Å²) in [7, 11) is 1.77. The highest BCUT2D eigenvalue weighted by molar-refractivity contribution is 5.94. The van der Waals surface area contributed by atoms with Crippen LogP contribution in [-0.2, 0) is 7.05 Å². The molecule has 1 amide bonds. The van der Waals surface area contributed by atoms with Gasteiger partial charge < -0.3 is 14.8 Å². The average molecular weight is 345 g/mol. The Morgan fingerprint density at radius 1 is 1.12 bits per heavy atom. The van der Waals surface area contributed by atoms with Crippen molar-refractivity contribution in [1.82, 2.24) is 14.8 Å². The van der Waals surface area contributed by atoms with Crippen LogP contribution < -0.4 is 5.32 Å². The van der Waals surface area contributed by atoms with E-state index in [1.54, 1.807) is 23.7 Å². The molecule has 132 valence electrons. The lowest BCUT2D eigenvalue weighted by Gasteiger charge is -2.44. The number of piperidine rings is 3. The summed E-state index contributed by atoms with van der Waals surface area (Å²) >= 11 is 0. The van der Waals surface area contributed by atoms with Crippen LogP contribution in [0.2, 0.25) is 0 Å². The molecule has 0 spiro atoms. The van der Waals surface area contributed by atoms with Gasteiger partial charge in [0.2, 0.25) is 0 Å². The molecule has 4 heterocycles. The molecule has 6 heteroatoms. The van der Waals surface area contributed by atoms with Gasteiger partial charge in [-0.25, -0.2) is 8.78 Å². The monoisotopic (exact) mass is 345 g/mol. The van der Waals surface area contributed by atoms with E-state index in [1.807, 2.05) is 0 Å². The van der Waals surface area contributed by atoms with Gasteiger partial charge in [0.05, 0.1) is 0 Å². The second-order valence-corrected chi connectivity index (χ2v) is 7.01. The summed E-state index contributed by atoms with van der Waals surface area (Å²) in [5.74, 6) is -1.33. The second-order valence-electron chi connectivity index (χ2n) is 7.01. The largest absolute Gasteiger partial charge is 0.346 e. The van der Waals surface area contributed by atoms with Crippen LogP contribution in [0, 0.1) is 17.6 Å². The molecule has 3 aliphatic rings. The molecule has 1 aromatic carbocycles. The van der Waals surface area contributed by atoms with Gasteiger partial charge in [-0.3, -0.25) is 4.79 Å². The lowest BCUT2D eigenvalue weighted by molar-refractivity contribution is 0.0616. The summed E-state index contributed by atoms with van der Waals surface area (Å²) in [4.78, 5) is 15.1. The van der Waals surface area contributed by atoms with Crippen molar-refractivity contribution in [2.24, 2.45) is 13.0 Å². The number of nitrogens with one attached hydrogen (secondary N) is 1. The third kappa shape index (κ3) is 2.95. The van der Waals surface area contributed by atoms with Gasteiger partial charge in [0.25, 0.3) is 5.91 Å². The van der Waals surface area contributed by atoms with Gasteiger partial charge in [-0.05, 0) is 62.2 Å². The molecule has 25 heavy (non-hydrogen) atoms. The fraction of sp³-hybridized carbons (Fsp3) is 0.421. The number of rotatable bonds is 3. The summed E-state index contributed by atoms with van der Waals surface area (Å²) in [6.07, 6.45) is 2.27. The van der Waals surface area contributed by atoms with Gasteiger partial charge >= 0.3 is 0 Å². The van der Waals surface area contributed by atoms with Gasteiger partial charge in [0.15, 0.2) is 11.6 Å². The minimum absolute atomic E-state index is 0.116. The Labute approximate surface area is 145 Å². The van der Waals surface area contributed by atoms with Crippen molar-refractivity contribution in [3.05, 3.63) is 47.7 Å². The van der Waals surface area contributed by atoms with Crippen molar-refractivity contribution in [2.75, 3.05) is 19.6 Å². The van der Waals surface area contributed by atoms with Crippen molar-refractivity contribution < 1.29 is 13.6 Å². The first-order valence-corrected chi connectivity index (χ1v) is 8.67. The van der Waals surface area contributed by atoms with Gasteiger partial charge in [0, 0.05) is 30.9 Å². The Morgan fingerprint density at radius 3 is 2.52 bits per heavy atom. The van der Waals surface area contributed by atoms with E-state index < -0.39 is 11.6 Å². The summed E-state index contributed by atoms with van der Waals surface area (Å²) in [6, 6.07) is 7.45. The molecule has 0 radical (unpaired) electrons. The van der Waals surface area contributed by atoms with Crippen LogP contribution in [0.5, 0.6) is 0 Å². The number of halogens is 2. The maximum Gasteiger partial charge on any atom is 0.268 e. The zero-order valence-electron chi connectivity index (χ0n) is 14.1. The summed E-state index contributed by atoms with van der Waals surface area (Å²) in [5.41, 5.74) is 1.75. The van der Waals surface area contributed by atoms with Crippen molar-refractivity contribution in [1.29, 1.82) is 0 Å². The number of carbonyl (C=O) groups excluding carboxylic acids is 1. The quantitative estimate of drug-likeness (QED) is 0.929. The van der Waals surface area contributed by atoms with Gasteiger partial charge in [0.1, 0.15) is 5.69 Å².